The molecule has 0 spiro atoms. The number of anilines is 1. The van der Waals surface area contributed by atoms with Crippen LogP contribution in [0.4, 0.5) is 9.52 Å². The summed E-state index contributed by atoms with van der Waals surface area (Å²) in [6.07, 6.45) is 1.65. The Morgan fingerprint density at radius 3 is 2.51 bits per heavy atom. The third kappa shape index (κ3) is 5.42. The van der Waals surface area contributed by atoms with Crippen molar-refractivity contribution in [1.82, 2.24) is 9.29 Å². The quantitative estimate of drug-likeness (QED) is 0.312. The lowest BCUT2D eigenvalue weighted by Crippen LogP contribution is -2.34. The van der Waals surface area contributed by atoms with E-state index in [1.54, 1.807) is 12.1 Å². The van der Waals surface area contributed by atoms with E-state index in [1.165, 1.54) is 57.9 Å². The number of amides is 1. The first-order valence-electron chi connectivity index (χ1n) is 11.9. The average molecular weight is 540 g/mol. The fourth-order valence-corrected chi connectivity index (χ4v) is 6.47. The van der Waals surface area contributed by atoms with Gasteiger partial charge in [-0.1, -0.05) is 47.7 Å². The normalized spacial score (nSPS) is 15.9. The Balaban J connectivity index is 1.43. The molecule has 0 saturated carbocycles. The molecule has 0 radical (unpaired) electrons. The van der Waals surface area contributed by atoms with Crippen LogP contribution in [0, 0.1) is 5.82 Å². The van der Waals surface area contributed by atoms with Crippen LogP contribution < -0.4 is 4.90 Å². The number of para-hydroxylation sites is 1. The Morgan fingerprint density at radius 2 is 1.84 bits per heavy atom. The van der Waals surface area contributed by atoms with E-state index in [2.05, 4.69) is 4.98 Å². The largest absolute Gasteiger partial charge is 0.377 e. The first-order chi connectivity index (χ1) is 17.8. The zero-order valence-electron chi connectivity index (χ0n) is 20.2. The monoisotopic (exact) mass is 539 g/mol. The second kappa shape index (κ2) is 10.7. The third-order valence-electron chi connectivity index (χ3n) is 6.31. The summed E-state index contributed by atoms with van der Waals surface area (Å²) in [7, 11) is -2.20. The van der Waals surface area contributed by atoms with Gasteiger partial charge in [0.2, 0.25) is 10.0 Å². The standard InChI is InChI=1S/C27H26FN3O4S2/c1-30(18-21-9-6-16-35-21)37(33,34)22-14-12-20(13-15-22)26(32)31(17-19-7-3-2-4-8-19)27-29-25-23(28)10-5-11-24(25)36-27/h2-5,7-8,10-15,21H,6,9,16-18H2,1H3. The van der Waals surface area contributed by atoms with Gasteiger partial charge in [0.25, 0.3) is 5.91 Å². The molecule has 1 fully saturated rings. The lowest BCUT2D eigenvalue weighted by molar-refractivity contribution is 0.0978. The molecule has 192 valence electrons. The molecule has 2 heterocycles. The molecule has 1 aliphatic heterocycles. The van der Waals surface area contributed by atoms with Crippen LogP contribution in [-0.2, 0) is 21.3 Å². The van der Waals surface area contributed by atoms with Gasteiger partial charge in [0.05, 0.1) is 22.2 Å². The van der Waals surface area contributed by atoms with Gasteiger partial charge in [-0.3, -0.25) is 9.69 Å². The highest BCUT2D eigenvalue weighted by atomic mass is 32.2. The predicted octanol–water partition coefficient (Wildman–Crippen LogP) is 5.08. The number of aromatic nitrogens is 1. The molecule has 37 heavy (non-hydrogen) atoms. The van der Waals surface area contributed by atoms with Gasteiger partial charge in [-0.2, -0.15) is 4.31 Å². The van der Waals surface area contributed by atoms with Gasteiger partial charge in [-0.25, -0.2) is 17.8 Å². The molecular formula is C27H26FN3O4S2. The van der Waals surface area contributed by atoms with Gasteiger partial charge in [-0.15, -0.1) is 0 Å². The van der Waals surface area contributed by atoms with Crippen molar-refractivity contribution in [3.63, 3.8) is 0 Å². The first kappa shape index (κ1) is 25.5. The van der Waals surface area contributed by atoms with Crippen molar-refractivity contribution in [2.24, 2.45) is 0 Å². The molecule has 5 rings (SSSR count). The summed E-state index contributed by atoms with van der Waals surface area (Å²) in [5, 5.41) is 0.363. The van der Waals surface area contributed by atoms with Gasteiger partial charge in [0.1, 0.15) is 11.3 Å². The number of halogens is 1. The Kier molecular flexibility index (Phi) is 7.34. The molecule has 4 aromatic rings. The Bertz CT molecular complexity index is 1500. The van der Waals surface area contributed by atoms with Crippen LogP contribution in [0.2, 0.25) is 0 Å². The summed E-state index contributed by atoms with van der Waals surface area (Å²) in [5.74, 6) is -0.811. The van der Waals surface area contributed by atoms with Crippen LogP contribution in [0.5, 0.6) is 0 Å². The van der Waals surface area contributed by atoms with Gasteiger partial charge >= 0.3 is 0 Å². The number of ether oxygens (including phenoxy) is 1. The van der Waals surface area contributed by atoms with E-state index in [1.807, 2.05) is 30.3 Å². The topological polar surface area (TPSA) is 79.8 Å². The van der Waals surface area contributed by atoms with Gasteiger partial charge in [-0.05, 0) is 54.8 Å². The number of carbonyl (C=O) groups excluding carboxylic acids is 1. The van der Waals surface area contributed by atoms with E-state index in [9.17, 15) is 17.6 Å². The number of carbonyl (C=O) groups is 1. The molecule has 3 aromatic carbocycles. The van der Waals surface area contributed by atoms with Crippen molar-refractivity contribution >= 4 is 42.6 Å². The van der Waals surface area contributed by atoms with E-state index in [-0.39, 0.29) is 35.5 Å². The Morgan fingerprint density at radius 1 is 1.08 bits per heavy atom. The van der Waals surface area contributed by atoms with Gasteiger partial charge < -0.3 is 4.74 Å². The summed E-state index contributed by atoms with van der Waals surface area (Å²) in [6, 6.07) is 20.0. The number of sulfonamides is 1. The number of rotatable bonds is 8. The highest BCUT2D eigenvalue weighted by Gasteiger charge is 2.27. The highest BCUT2D eigenvalue weighted by Crippen LogP contribution is 2.32. The molecule has 1 amide bonds. The van der Waals surface area contributed by atoms with Crippen LogP contribution in [0.1, 0.15) is 28.8 Å². The van der Waals surface area contributed by atoms with Crippen LogP contribution >= 0.6 is 11.3 Å². The zero-order valence-corrected chi connectivity index (χ0v) is 21.8. The summed E-state index contributed by atoms with van der Waals surface area (Å²) >= 11 is 1.23. The fraction of sp³-hybridized carbons (Fsp3) is 0.259. The number of nitrogens with zero attached hydrogens (tertiary/aromatic N) is 3. The van der Waals surface area contributed by atoms with Gasteiger partial charge in [0.15, 0.2) is 5.13 Å². The maximum absolute atomic E-state index is 14.3. The van der Waals surface area contributed by atoms with Crippen molar-refractivity contribution in [3.05, 3.63) is 89.7 Å². The second-order valence-electron chi connectivity index (χ2n) is 8.90. The smallest absolute Gasteiger partial charge is 0.260 e. The first-order valence-corrected chi connectivity index (χ1v) is 14.2. The van der Waals surface area contributed by atoms with Crippen LogP contribution in [-0.4, -0.2) is 49.9 Å². The van der Waals surface area contributed by atoms with E-state index in [0.717, 1.165) is 18.4 Å². The molecule has 1 saturated heterocycles. The number of benzene rings is 3. The van der Waals surface area contributed by atoms with E-state index < -0.39 is 15.8 Å². The fourth-order valence-electron chi connectivity index (χ4n) is 4.29. The highest BCUT2D eigenvalue weighted by molar-refractivity contribution is 7.89. The van der Waals surface area contributed by atoms with Crippen LogP contribution in [0.15, 0.2) is 77.7 Å². The minimum Gasteiger partial charge on any atom is -0.377 e. The second-order valence-corrected chi connectivity index (χ2v) is 12.0. The summed E-state index contributed by atoms with van der Waals surface area (Å²) in [5.41, 5.74) is 1.39. The van der Waals surface area contributed by atoms with E-state index in [4.69, 9.17) is 4.74 Å². The van der Waals surface area contributed by atoms with Crippen molar-refractivity contribution in [2.45, 2.75) is 30.4 Å². The molecular weight excluding hydrogens is 513 g/mol. The third-order valence-corrected chi connectivity index (χ3v) is 9.19. The number of likely N-dealkylation sites (N-methyl/N-ethyl adjacent to an activating group) is 1. The van der Waals surface area contributed by atoms with Gasteiger partial charge in [0, 0.05) is 25.8 Å². The molecule has 0 N–H and O–H groups in total. The average Bonchev–Trinajstić information content (AvgIpc) is 3.58. The molecule has 10 heteroatoms. The lowest BCUT2D eigenvalue weighted by Gasteiger charge is -2.22. The summed E-state index contributed by atoms with van der Waals surface area (Å²) < 4.78 is 47.9. The minimum absolute atomic E-state index is 0.0983. The molecule has 1 aromatic heterocycles. The molecule has 0 aliphatic carbocycles. The van der Waals surface area contributed by atoms with E-state index >= 15 is 0 Å². The number of hydrogen-bond donors (Lipinski definition) is 0. The van der Waals surface area contributed by atoms with Crippen molar-refractivity contribution in [2.75, 3.05) is 25.1 Å². The van der Waals surface area contributed by atoms with Crippen molar-refractivity contribution < 1.29 is 22.3 Å². The lowest BCUT2D eigenvalue weighted by atomic mass is 10.1. The molecule has 1 atom stereocenters. The van der Waals surface area contributed by atoms with Crippen molar-refractivity contribution in [1.29, 1.82) is 0 Å². The predicted molar refractivity (Wildman–Crippen MR) is 142 cm³/mol. The number of fused-ring (bicyclic) bond motifs is 1. The van der Waals surface area contributed by atoms with Crippen LogP contribution in [0.25, 0.3) is 10.2 Å². The summed E-state index contributed by atoms with van der Waals surface area (Å²) in [4.78, 5) is 19.7. The maximum Gasteiger partial charge on any atom is 0.260 e. The van der Waals surface area contributed by atoms with E-state index in [0.29, 0.717) is 22.0 Å². The van der Waals surface area contributed by atoms with Crippen LogP contribution in [0.3, 0.4) is 0 Å². The molecule has 1 aliphatic rings. The van der Waals surface area contributed by atoms with Crippen molar-refractivity contribution in [3.8, 4) is 0 Å². The Labute approximate surface area is 219 Å². The number of thiazole rings is 1. The Hall–Kier alpha value is -3.18. The maximum atomic E-state index is 14.3. The zero-order chi connectivity index (χ0) is 26.0. The minimum atomic E-state index is -3.74. The number of hydrogen-bond acceptors (Lipinski definition) is 6. The molecule has 7 nitrogen and oxygen atoms in total. The molecule has 1 unspecified atom stereocenters. The SMILES string of the molecule is CN(CC1CCCO1)S(=O)(=O)c1ccc(C(=O)N(Cc2ccccc2)c2nc3c(F)cccc3s2)cc1. The summed E-state index contributed by atoms with van der Waals surface area (Å²) in [6.45, 7) is 1.16. The molecule has 0 bridgehead atoms.